The highest BCUT2D eigenvalue weighted by Crippen LogP contribution is 2.23. The first-order chi connectivity index (χ1) is 10.3. The van der Waals surface area contributed by atoms with Crippen molar-refractivity contribution < 1.29 is 0 Å². The van der Waals surface area contributed by atoms with Crippen LogP contribution in [0.25, 0.3) is 10.9 Å². The molecule has 1 aromatic heterocycles. The zero-order chi connectivity index (χ0) is 14.7. The van der Waals surface area contributed by atoms with E-state index in [1.54, 1.807) is 0 Å². The number of hydrogen-bond donors (Lipinski definition) is 1. The third-order valence-electron chi connectivity index (χ3n) is 3.78. The molecule has 2 nitrogen and oxygen atoms in total. The summed E-state index contributed by atoms with van der Waals surface area (Å²) in [5.41, 5.74) is 3.95. The summed E-state index contributed by atoms with van der Waals surface area (Å²) in [6, 6.07) is 16.7. The molecule has 0 atom stereocenters. The first-order valence-corrected chi connectivity index (χ1v) is 7.61. The first-order valence-electron chi connectivity index (χ1n) is 7.24. The Bertz CT molecular complexity index is 729. The Hall–Kier alpha value is -1.77. The normalized spacial score (nSPS) is 11.1. The van der Waals surface area contributed by atoms with Crippen LogP contribution in [0.1, 0.15) is 11.1 Å². The van der Waals surface area contributed by atoms with Gasteiger partial charge in [0.1, 0.15) is 0 Å². The molecule has 3 aromatic rings. The first kappa shape index (κ1) is 14.2. The van der Waals surface area contributed by atoms with Gasteiger partial charge in [-0.15, -0.1) is 0 Å². The molecule has 3 rings (SSSR count). The molecule has 0 fully saturated rings. The average Bonchev–Trinajstić information content (AvgIpc) is 2.86. The molecular weight excluding hydrogens is 280 g/mol. The van der Waals surface area contributed by atoms with Crippen molar-refractivity contribution in [1.29, 1.82) is 0 Å². The molecule has 0 aliphatic carbocycles. The minimum absolute atomic E-state index is 0.783. The topological polar surface area (TPSA) is 17.0 Å². The highest BCUT2D eigenvalue weighted by Gasteiger charge is 2.08. The Balaban J connectivity index is 1.96. The number of benzene rings is 2. The van der Waals surface area contributed by atoms with E-state index in [-0.39, 0.29) is 0 Å². The predicted molar refractivity (Wildman–Crippen MR) is 90.1 cm³/mol. The third-order valence-corrected chi connectivity index (χ3v) is 4.03. The summed E-state index contributed by atoms with van der Waals surface area (Å²) in [5, 5.41) is 5.35. The quantitative estimate of drug-likeness (QED) is 0.750. The fourth-order valence-electron chi connectivity index (χ4n) is 2.70. The van der Waals surface area contributed by atoms with Crippen LogP contribution in [0.2, 0.25) is 5.02 Å². The van der Waals surface area contributed by atoms with Crippen molar-refractivity contribution in [1.82, 2.24) is 9.88 Å². The minimum atomic E-state index is 0.783. The van der Waals surface area contributed by atoms with Gasteiger partial charge in [-0.05, 0) is 49.3 Å². The number of likely N-dealkylation sites (N-methyl/N-ethyl adjacent to an activating group) is 1. The summed E-state index contributed by atoms with van der Waals surface area (Å²) in [6.07, 6.45) is 3.32. The molecule has 21 heavy (non-hydrogen) atoms. The molecule has 1 heterocycles. The second-order valence-corrected chi connectivity index (χ2v) is 5.72. The Morgan fingerprint density at radius 3 is 2.57 bits per heavy atom. The van der Waals surface area contributed by atoms with E-state index < -0.39 is 0 Å². The number of aromatic nitrogens is 1. The van der Waals surface area contributed by atoms with Gasteiger partial charge in [0.2, 0.25) is 0 Å². The van der Waals surface area contributed by atoms with Crippen LogP contribution in [0.3, 0.4) is 0 Å². The van der Waals surface area contributed by atoms with Crippen molar-refractivity contribution in [2.45, 2.75) is 13.0 Å². The lowest BCUT2D eigenvalue weighted by molar-refractivity contribution is 0.783. The molecule has 3 heteroatoms. The van der Waals surface area contributed by atoms with E-state index in [0.29, 0.717) is 0 Å². The summed E-state index contributed by atoms with van der Waals surface area (Å²) < 4.78 is 2.32. The Labute approximate surface area is 130 Å². The van der Waals surface area contributed by atoms with E-state index in [9.17, 15) is 0 Å². The van der Waals surface area contributed by atoms with Crippen LogP contribution >= 0.6 is 11.6 Å². The summed E-state index contributed by atoms with van der Waals surface area (Å²) in [5.74, 6) is 0. The highest BCUT2D eigenvalue weighted by molar-refractivity contribution is 6.30. The lowest BCUT2D eigenvalue weighted by atomic mass is 10.1. The minimum Gasteiger partial charge on any atom is -0.343 e. The van der Waals surface area contributed by atoms with E-state index in [1.165, 1.54) is 22.0 Å². The predicted octanol–water partition coefficient (Wildman–Crippen LogP) is 4.10. The Morgan fingerprint density at radius 1 is 1.05 bits per heavy atom. The van der Waals surface area contributed by atoms with Crippen molar-refractivity contribution in [2.75, 3.05) is 13.6 Å². The van der Waals surface area contributed by atoms with Crippen LogP contribution in [0.4, 0.5) is 0 Å². The lowest BCUT2D eigenvalue weighted by Crippen LogP contribution is -2.10. The van der Waals surface area contributed by atoms with Crippen LogP contribution in [-0.4, -0.2) is 18.2 Å². The van der Waals surface area contributed by atoms with Gasteiger partial charge in [-0.25, -0.2) is 0 Å². The van der Waals surface area contributed by atoms with Crippen LogP contribution in [-0.2, 0) is 13.0 Å². The molecule has 1 N–H and O–H groups in total. The SMILES string of the molecule is CNCCc1cn(Cc2ccc(Cl)cc2)c2ccccc12. The van der Waals surface area contributed by atoms with E-state index in [0.717, 1.165) is 24.5 Å². The van der Waals surface area contributed by atoms with Gasteiger partial charge in [0, 0.05) is 28.7 Å². The van der Waals surface area contributed by atoms with E-state index in [4.69, 9.17) is 11.6 Å². The van der Waals surface area contributed by atoms with E-state index in [1.807, 2.05) is 19.2 Å². The van der Waals surface area contributed by atoms with Crippen molar-refractivity contribution >= 4 is 22.5 Å². The number of para-hydroxylation sites is 1. The molecule has 0 bridgehead atoms. The van der Waals surface area contributed by atoms with Gasteiger partial charge in [-0.2, -0.15) is 0 Å². The van der Waals surface area contributed by atoms with E-state index in [2.05, 4.69) is 52.5 Å². The summed E-state index contributed by atoms with van der Waals surface area (Å²) >= 11 is 5.96. The molecule has 2 aromatic carbocycles. The second-order valence-electron chi connectivity index (χ2n) is 5.28. The van der Waals surface area contributed by atoms with Gasteiger partial charge in [-0.1, -0.05) is 41.9 Å². The number of nitrogens with one attached hydrogen (secondary N) is 1. The summed E-state index contributed by atoms with van der Waals surface area (Å²) in [6.45, 7) is 1.87. The fraction of sp³-hybridized carbons (Fsp3) is 0.222. The molecule has 0 aliphatic rings. The average molecular weight is 299 g/mol. The van der Waals surface area contributed by atoms with Gasteiger partial charge in [0.25, 0.3) is 0 Å². The fourth-order valence-corrected chi connectivity index (χ4v) is 2.83. The second kappa shape index (κ2) is 6.33. The molecule has 0 saturated heterocycles. The molecule has 0 unspecified atom stereocenters. The number of rotatable bonds is 5. The van der Waals surface area contributed by atoms with Crippen molar-refractivity contribution in [2.24, 2.45) is 0 Å². The number of nitrogens with zero attached hydrogens (tertiary/aromatic N) is 1. The van der Waals surface area contributed by atoms with Gasteiger partial charge in [0.05, 0.1) is 0 Å². The maximum atomic E-state index is 5.96. The van der Waals surface area contributed by atoms with Crippen LogP contribution in [0, 0.1) is 0 Å². The number of fused-ring (bicyclic) bond motifs is 1. The number of halogens is 1. The largest absolute Gasteiger partial charge is 0.343 e. The monoisotopic (exact) mass is 298 g/mol. The smallest absolute Gasteiger partial charge is 0.0486 e. The Morgan fingerprint density at radius 2 is 1.81 bits per heavy atom. The molecular formula is C18H19ClN2. The van der Waals surface area contributed by atoms with Crippen molar-refractivity contribution in [3.8, 4) is 0 Å². The zero-order valence-corrected chi connectivity index (χ0v) is 12.9. The third kappa shape index (κ3) is 3.12. The van der Waals surface area contributed by atoms with Gasteiger partial charge in [0.15, 0.2) is 0 Å². The van der Waals surface area contributed by atoms with Crippen LogP contribution in [0.5, 0.6) is 0 Å². The van der Waals surface area contributed by atoms with Crippen LogP contribution in [0.15, 0.2) is 54.7 Å². The van der Waals surface area contributed by atoms with Gasteiger partial charge >= 0.3 is 0 Å². The Kier molecular flexibility index (Phi) is 4.28. The molecule has 0 amide bonds. The molecule has 0 spiro atoms. The van der Waals surface area contributed by atoms with Gasteiger partial charge < -0.3 is 9.88 Å². The van der Waals surface area contributed by atoms with Gasteiger partial charge in [-0.3, -0.25) is 0 Å². The zero-order valence-electron chi connectivity index (χ0n) is 12.1. The van der Waals surface area contributed by atoms with Crippen molar-refractivity contribution in [3.63, 3.8) is 0 Å². The summed E-state index contributed by atoms with van der Waals surface area (Å²) in [7, 11) is 1.99. The maximum absolute atomic E-state index is 5.96. The summed E-state index contributed by atoms with van der Waals surface area (Å²) in [4.78, 5) is 0. The molecule has 108 valence electrons. The van der Waals surface area contributed by atoms with Crippen molar-refractivity contribution in [3.05, 3.63) is 70.9 Å². The van der Waals surface area contributed by atoms with E-state index >= 15 is 0 Å². The molecule has 0 radical (unpaired) electrons. The standard InChI is InChI=1S/C18H19ClN2/c1-20-11-10-15-13-21(18-5-3-2-4-17(15)18)12-14-6-8-16(19)9-7-14/h2-9,13,20H,10-12H2,1H3. The molecule has 0 aliphatic heterocycles. The number of hydrogen-bond acceptors (Lipinski definition) is 1. The lowest BCUT2D eigenvalue weighted by Gasteiger charge is -2.05. The molecule has 0 saturated carbocycles. The maximum Gasteiger partial charge on any atom is 0.0486 e. The van der Waals surface area contributed by atoms with Crippen LogP contribution < -0.4 is 5.32 Å². The highest BCUT2D eigenvalue weighted by atomic mass is 35.5.